The van der Waals surface area contributed by atoms with Crippen LogP contribution in [0.15, 0.2) is 0 Å². The predicted octanol–water partition coefficient (Wildman–Crippen LogP) is 6.72. The zero-order valence-corrected chi connectivity index (χ0v) is 19.6. The fraction of sp³-hybridized carbons (Fsp3) is 0.913. The maximum atomic E-state index is 10.4. The van der Waals surface area contributed by atoms with Crippen molar-refractivity contribution in [1.82, 2.24) is 5.43 Å². The van der Waals surface area contributed by atoms with E-state index in [1.807, 2.05) is 5.43 Å². The van der Waals surface area contributed by atoms with E-state index < -0.39 is 17.7 Å². The summed E-state index contributed by atoms with van der Waals surface area (Å²) in [4.78, 5) is 20.7. The number of amides is 1. The van der Waals surface area contributed by atoms with Crippen LogP contribution in [0.5, 0.6) is 0 Å². The number of nitrogens with one attached hydrogen (secondary N) is 1. The highest BCUT2D eigenvalue weighted by Gasteiger charge is 2.14. The summed E-state index contributed by atoms with van der Waals surface area (Å²) in [6.07, 6.45) is 19.6. The average Bonchev–Trinajstić information content (AvgIpc) is 2.63. The molecule has 0 radical (unpaired) electrons. The molecule has 6 heteroatoms. The van der Waals surface area contributed by atoms with Crippen molar-refractivity contribution in [3.05, 3.63) is 0 Å². The molecule has 29 heavy (non-hydrogen) atoms. The molecular formula is C23H48N2O4. The molecule has 0 aliphatic heterocycles. The van der Waals surface area contributed by atoms with Crippen molar-refractivity contribution >= 4 is 12.1 Å². The monoisotopic (exact) mass is 416 g/mol. The lowest BCUT2D eigenvalue weighted by molar-refractivity contribution is -0.137. The molecule has 0 rings (SSSR count). The first-order valence-corrected chi connectivity index (χ1v) is 11.6. The Kier molecular flexibility index (Phi) is 22.1. The number of hydrogen-bond acceptors (Lipinski definition) is 4. The SMILES string of the molecule is CC(C)(C)OC(=O)NN.CCCCCCCCCCCCCCCCCC(=O)O. The number of hydrogen-bond donors (Lipinski definition) is 3. The number of nitrogens with two attached hydrogens (primary N) is 1. The summed E-state index contributed by atoms with van der Waals surface area (Å²) >= 11 is 0. The molecule has 6 nitrogen and oxygen atoms in total. The van der Waals surface area contributed by atoms with Crippen LogP contribution in [0.4, 0.5) is 4.79 Å². The van der Waals surface area contributed by atoms with E-state index in [1.54, 1.807) is 20.8 Å². The maximum absolute atomic E-state index is 10.4. The molecule has 0 atom stereocenters. The van der Waals surface area contributed by atoms with E-state index in [2.05, 4.69) is 6.92 Å². The van der Waals surface area contributed by atoms with Crippen molar-refractivity contribution in [2.24, 2.45) is 5.84 Å². The third-order valence-corrected chi connectivity index (χ3v) is 4.51. The highest BCUT2D eigenvalue weighted by Crippen LogP contribution is 2.13. The van der Waals surface area contributed by atoms with Gasteiger partial charge in [0.15, 0.2) is 0 Å². The quantitative estimate of drug-likeness (QED) is 0.112. The summed E-state index contributed by atoms with van der Waals surface area (Å²) in [5.74, 6) is 4.10. The lowest BCUT2D eigenvalue weighted by atomic mass is 10.0. The van der Waals surface area contributed by atoms with Crippen molar-refractivity contribution in [3.63, 3.8) is 0 Å². The van der Waals surface area contributed by atoms with E-state index in [9.17, 15) is 9.59 Å². The summed E-state index contributed by atoms with van der Waals surface area (Å²) in [7, 11) is 0. The summed E-state index contributed by atoms with van der Waals surface area (Å²) in [5, 5.41) is 8.52. The van der Waals surface area contributed by atoms with Crippen molar-refractivity contribution in [3.8, 4) is 0 Å². The molecule has 0 fully saturated rings. The minimum absolute atomic E-state index is 0.345. The van der Waals surface area contributed by atoms with Gasteiger partial charge < -0.3 is 9.84 Å². The Morgan fingerprint density at radius 2 is 1.10 bits per heavy atom. The molecule has 0 unspecified atom stereocenters. The molecule has 0 aromatic heterocycles. The molecule has 1 amide bonds. The van der Waals surface area contributed by atoms with Crippen LogP contribution >= 0.6 is 0 Å². The fourth-order valence-electron chi connectivity index (χ4n) is 2.96. The lowest BCUT2D eigenvalue weighted by Crippen LogP contribution is -2.36. The van der Waals surface area contributed by atoms with E-state index in [-0.39, 0.29) is 0 Å². The standard InChI is InChI=1S/C18H36O2.C5H12N2O2/c1-2-3-4-5-6-7-8-9-10-11-12-13-14-15-16-17-18(19)20;1-5(2,3)9-4(8)7-6/h2-17H2,1H3,(H,19,20);6H2,1-3H3,(H,7,8). The van der Waals surface area contributed by atoms with Gasteiger partial charge in [0.1, 0.15) is 5.60 Å². The summed E-state index contributed by atoms with van der Waals surface area (Å²) in [6, 6.07) is 0. The van der Waals surface area contributed by atoms with Crippen molar-refractivity contribution < 1.29 is 19.4 Å². The first kappa shape index (κ1) is 29.9. The van der Waals surface area contributed by atoms with Gasteiger partial charge in [-0.25, -0.2) is 10.6 Å². The van der Waals surface area contributed by atoms with Crippen LogP contribution in [0.3, 0.4) is 0 Å². The second kappa shape index (κ2) is 21.4. The van der Waals surface area contributed by atoms with Gasteiger partial charge in [0.25, 0.3) is 0 Å². The molecule has 0 saturated carbocycles. The number of carbonyl (C=O) groups is 2. The number of rotatable bonds is 16. The molecule has 0 aliphatic carbocycles. The zero-order chi connectivity index (χ0) is 22.4. The highest BCUT2D eigenvalue weighted by molar-refractivity contribution is 5.66. The maximum Gasteiger partial charge on any atom is 0.421 e. The number of carbonyl (C=O) groups excluding carboxylic acids is 1. The van der Waals surface area contributed by atoms with Gasteiger partial charge in [0.2, 0.25) is 0 Å². The molecule has 0 saturated heterocycles. The van der Waals surface area contributed by atoms with E-state index in [4.69, 9.17) is 15.7 Å². The summed E-state index contributed by atoms with van der Waals surface area (Å²) < 4.78 is 4.71. The Morgan fingerprint density at radius 1 is 0.759 bits per heavy atom. The molecule has 0 aromatic carbocycles. The van der Waals surface area contributed by atoms with Gasteiger partial charge in [-0.3, -0.25) is 10.2 Å². The zero-order valence-electron chi connectivity index (χ0n) is 19.6. The molecule has 0 aromatic rings. The Bertz CT molecular complexity index is 382. The van der Waals surface area contributed by atoms with Gasteiger partial charge in [0, 0.05) is 6.42 Å². The number of unbranched alkanes of at least 4 members (excludes halogenated alkanes) is 14. The summed E-state index contributed by atoms with van der Waals surface area (Å²) in [5.41, 5.74) is 1.39. The lowest BCUT2D eigenvalue weighted by Gasteiger charge is -2.18. The van der Waals surface area contributed by atoms with Crippen LogP contribution in [0.2, 0.25) is 0 Å². The van der Waals surface area contributed by atoms with E-state index in [0.29, 0.717) is 6.42 Å². The fourth-order valence-corrected chi connectivity index (χ4v) is 2.96. The van der Waals surface area contributed by atoms with Crippen LogP contribution < -0.4 is 11.3 Å². The van der Waals surface area contributed by atoms with Gasteiger partial charge in [0.05, 0.1) is 0 Å². The first-order chi connectivity index (χ1) is 13.7. The molecule has 0 spiro atoms. The molecule has 0 heterocycles. The third kappa shape index (κ3) is 31.6. The van der Waals surface area contributed by atoms with Crippen molar-refractivity contribution in [2.45, 2.75) is 136 Å². The van der Waals surface area contributed by atoms with Crippen LogP contribution in [0.1, 0.15) is 130 Å². The number of carboxylic acid groups (broad SMARTS) is 1. The highest BCUT2D eigenvalue weighted by atomic mass is 16.6. The van der Waals surface area contributed by atoms with Crippen LogP contribution in [-0.2, 0) is 9.53 Å². The predicted molar refractivity (Wildman–Crippen MR) is 121 cm³/mol. The minimum Gasteiger partial charge on any atom is -0.481 e. The Hall–Kier alpha value is -1.30. The van der Waals surface area contributed by atoms with Gasteiger partial charge in [-0.2, -0.15) is 0 Å². The van der Waals surface area contributed by atoms with Gasteiger partial charge in [-0.05, 0) is 27.2 Å². The Labute approximate surface area is 179 Å². The molecule has 174 valence electrons. The Balaban J connectivity index is 0. The number of carboxylic acids is 1. The second-order valence-corrected chi connectivity index (χ2v) is 8.74. The van der Waals surface area contributed by atoms with E-state index >= 15 is 0 Å². The third-order valence-electron chi connectivity index (χ3n) is 4.51. The van der Waals surface area contributed by atoms with Crippen LogP contribution in [-0.4, -0.2) is 22.8 Å². The number of hydrazine groups is 1. The van der Waals surface area contributed by atoms with E-state index in [0.717, 1.165) is 12.8 Å². The van der Waals surface area contributed by atoms with Crippen LogP contribution in [0.25, 0.3) is 0 Å². The smallest absolute Gasteiger partial charge is 0.421 e. The van der Waals surface area contributed by atoms with Gasteiger partial charge in [-0.15, -0.1) is 0 Å². The number of aliphatic carboxylic acids is 1. The summed E-state index contributed by atoms with van der Waals surface area (Å²) in [6.45, 7) is 7.57. The number of ether oxygens (including phenoxy) is 1. The average molecular weight is 417 g/mol. The van der Waals surface area contributed by atoms with Crippen molar-refractivity contribution in [1.29, 1.82) is 0 Å². The normalized spacial score (nSPS) is 10.8. The first-order valence-electron chi connectivity index (χ1n) is 11.6. The molecular weight excluding hydrogens is 368 g/mol. The van der Waals surface area contributed by atoms with E-state index in [1.165, 1.54) is 83.5 Å². The molecule has 0 aliphatic rings. The van der Waals surface area contributed by atoms with Gasteiger partial charge in [-0.1, -0.05) is 96.8 Å². The topological polar surface area (TPSA) is 102 Å². The second-order valence-electron chi connectivity index (χ2n) is 8.74. The van der Waals surface area contributed by atoms with Crippen molar-refractivity contribution in [2.75, 3.05) is 0 Å². The minimum atomic E-state index is -0.653. The Morgan fingerprint density at radius 3 is 1.34 bits per heavy atom. The van der Waals surface area contributed by atoms with Crippen LogP contribution in [0, 0.1) is 0 Å². The molecule has 4 N–H and O–H groups in total. The molecule has 0 bridgehead atoms. The van der Waals surface area contributed by atoms with Gasteiger partial charge >= 0.3 is 12.1 Å². The largest absolute Gasteiger partial charge is 0.481 e.